The fourth-order valence-electron chi connectivity index (χ4n) is 3.29. The summed E-state index contributed by atoms with van der Waals surface area (Å²) in [5, 5.41) is 6.43. The smallest absolute Gasteiger partial charge is 0.317 e. The Hall–Kier alpha value is -0.770. The Balaban J connectivity index is 1.67. The SMILES string of the molecule is CNCCC1CCN(C(=O)NC2CCCCC2)CC1. The van der Waals surface area contributed by atoms with Gasteiger partial charge in [-0.2, -0.15) is 0 Å². The highest BCUT2D eigenvalue weighted by atomic mass is 16.2. The van der Waals surface area contributed by atoms with Crippen LogP contribution in [-0.4, -0.2) is 43.7 Å². The number of hydrogen-bond acceptors (Lipinski definition) is 2. The van der Waals surface area contributed by atoms with Crippen LogP contribution in [-0.2, 0) is 0 Å². The van der Waals surface area contributed by atoms with Gasteiger partial charge in [0.15, 0.2) is 0 Å². The number of nitrogens with zero attached hydrogens (tertiary/aromatic N) is 1. The Morgan fingerprint density at radius 3 is 2.42 bits per heavy atom. The molecular formula is C15H29N3O. The van der Waals surface area contributed by atoms with Gasteiger partial charge in [-0.1, -0.05) is 19.3 Å². The Morgan fingerprint density at radius 1 is 1.11 bits per heavy atom. The summed E-state index contributed by atoms with van der Waals surface area (Å²) in [6.07, 6.45) is 9.81. The van der Waals surface area contributed by atoms with E-state index >= 15 is 0 Å². The molecule has 1 heterocycles. The van der Waals surface area contributed by atoms with Gasteiger partial charge in [-0.25, -0.2) is 4.79 Å². The molecule has 0 radical (unpaired) electrons. The first-order valence-electron chi connectivity index (χ1n) is 7.99. The summed E-state index contributed by atoms with van der Waals surface area (Å²) >= 11 is 0. The van der Waals surface area contributed by atoms with Gasteiger partial charge in [0.05, 0.1) is 0 Å². The van der Waals surface area contributed by atoms with E-state index in [4.69, 9.17) is 0 Å². The van der Waals surface area contributed by atoms with Gasteiger partial charge in [0, 0.05) is 19.1 Å². The van der Waals surface area contributed by atoms with Gasteiger partial charge in [0.1, 0.15) is 0 Å². The second-order valence-electron chi connectivity index (χ2n) is 6.11. The van der Waals surface area contributed by atoms with E-state index in [0.29, 0.717) is 6.04 Å². The lowest BCUT2D eigenvalue weighted by Gasteiger charge is -2.34. The first kappa shape index (κ1) is 14.6. The second kappa shape index (κ2) is 7.73. The minimum atomic E-state index is 0.180. The molecule has 1 aliphatic heterocycles. The van der Waals surface area contributed by atoms with E-state index in [9.17, 15) is 4.79 Å². The molecule has 19 heavy (non-hydrogen) atoms. The number of carbonyl (C=O) groups excluding carboxylic acids is 1. The lowest BCUT2D eigenvalue weighted by Crippen LogP contribution is -2.48. The molecule has 1 saturated heterocycles. The molecule has 2 N–H and O–H groups in total. The zero-order chi connectivity index (χ0) is 13.5. The Morgan fingerprint density at radius 2 is 1.79 bits per heavy atom. The molecule has 2 aliphatic rings. The van der Waals surface area contributed by atoms with Crippen molar-refractivity contribution in [2.75, 3.05) is 26.7 Å². The van der Waals surface area contributed by atoms with Crippen LogP contribution in [0.25, 0.3) is 0 Å². The third-order valence-electron chi connectivity index (χ3n) is 4.64. The van der Waals surface area contributed by atoms with Crippen LogP contribution in [0.4, 0.5) is 4.79 Å². The summed E-state index contributed by atoms with van der Waals surface area (Å²) in [6, 6.07) is 0.613. The molecule has 2 rings (SSSR count). The van der Waals surface area contributed by atoms with Gasteiger partial charge >= 0.3 is 6.03 Å². The summed E-state index contributed by atoms with van der Waals surface area (Å²) in [7, 11) is 2.01. The molecular weight excluding hydrogens is 238 g/mol. The second-order valence-corrected chi connectivity index (χ2v) is 6.11. The van der Waals surface area contributed by atoms with Gasteiger partial charge in [-0.15, -0.1) is 0 Å². The van der Waals surface area contributed by atoms with Crippen molar-refractivity contribution >= 4 is 6.03 Å². The molecule has 0 spiro atoms. The number of likely N-dealkylation sites (tertiary alicyclic amines) is 1. The van der Waals surface area contributed by atoms with Crippen LogP contribution >= 0.6 is 0 Å². The summed E-state index contributed by atoms with van der Waals surface area (Å²) < 4.78 is 0. The highest BCUT2D eigenvalue weighted by molar-refractivity contribution is 5.74. The molecule has 0 aromatic carbocycles. The van der Waals surface area contributed by atoms with Crippen molar-refractivity contribution in [3.63, 3.8) is 0 Å². The maximum Gasteiger partial charge on any atom is 0.317 e. The highest BCUT2D eigenvalue weighted by Crippen LogP contribution is 2.21. The number of hydrogen-bond donors (Lipinski definition) is 2. The van der Waals surface area contributed by atoms with Gasteiger partial charge in [-0.05, 0) is 51.6 Å². The molecule has 0 atom stereocenters. The Kier molecular flexibility index (Phi) is 5.95. The van der Waals surface area contributed by atoms with E-state index in [1.165, 1.54) is 51.4 Å². The molecule has 0 aromatic heterocycles. The van der Waals surface area contributed by atoms with Crippen LogP contribution in [0.3, 0.4) is 0 Å². The van der Waals surface area contributed by atoms with Gasteiger partial charge < -0.3 is 15.5 Å². The highest BCUT2D eigenvalue weighted by Gasteiger charge is 2.24. The van der Waals surface area contributed by atoms with Gasteiger partial charge in [0.25, 0.3) is 0 Å². The molecule has 2 fully saturated rings. The van der Waals surface area contributed by atoms with Crippen LogP contribution in [0.1, 0.15) is 51.4 Å². The molecule has 110 valence electrons. The van der Waals surface area contributed by atoms with Crippen molar-refractivity contribution < 1.29 is 4.79 Å². The standard InChI is InChI=1S/C15H29N3O/c1-16-10-7-13-8-11-18(12-9-13)15(19)17-14-5-3-2-4-6-14/h13-14,16H,2-12H2,1H3,(H,17,19). The van der Waals surface area contributed by atoms with Crippen molar-refractivity contribution in [1.82, 2.24) is 15.5 Å². The van der Waals surface area contributed by atoms with Gasteiger partial charge in [0.2, 0.25) is 0 Å². The van der Waals surface area contributed by atoms with Crippen LogP contribution in [0.15, 0.2) is 0 Å². The number of rotatable bonds is 4. The van der Waals surface area contributed by atoms with E-state index in [1.807, 2.05) is 11.9 Å². The van der Waals surface area contributed by atoms with Crippen LogP contribution in [0.2, 0.25) is 0 Å². The van der Waals surface area contributed by atoms with E-state index in [-0.39, 0.29) is 6.03 Å². The quantitative estimate of drug-likeness (QED) is 0.821. The normalized spacial score (nSPS) is 22.5. The molecule has 1 saturated carbocycles. The van der Waals surface area contributed by atoms with Crippen LogP contribution in [0.5, 0.6) is 0 Å². The van der Waals surface area contributed by atoms with Crippen molar-refractivity contribution in [2.24, 2.45) is 5.92 Å². The molecule has 2 amide bonds. The summed E-state index contributed by atoms with van der Waals surface area (Å²) in [6.45, 7) is 2.97. The average Bonchev–Trinajstić information content (AvgIpc) is 2.46. The molecule has 0 bridgehead atoms. The summed E-state index contributed by atoms with van der Waals surface area (Å²) in [5.41, 5.74) is 0. The lowest BCUT2D eigenvalue weighted by molar-refractivity contribution is 0.162. The number of nitrogens with one attached hydrogen (secondary N) is 2. The van der Waals surface area contributed by atoms with Crippen molar-refractivity contribution in [3.8, 4) is 0 Å². The molecule has 4 nitrogen and oxygen atoms in total. The van der Waals surface area contributed by atoms with Gasteiger partial charge in [-0.3, -0.25) is 0 Å². The summed E-state index contributed by atoms with van der Waals surface area (Å²) in [5.74, 6) is 0.797. The van der Waals surface area contributed by atoms with Crippen molar-refractivity contribution in [3.05, 3.63) is 0 Å². The Labute approximate surface area is 117 Å². The third kappa shape index (κ3) is 4.68. The van der Waals surface area contributed by atoms with Crippen LogP contribution < -0.4 is 10.6 Å². The Bertz CT molecular complexity index is 269. The molecule has 0 unspecified atom stereocenters. The third-order valence-corrected chi connectivity index (χ3v) is 4.64. The number of piperidine rings is 1. The topological polar surface area (TPSA) is 44.4 Å². The minimum Gasteiger partial charge on any atom is -0.335 e. The average molecular weight is 267 g/mol. The number of carbonyl (C=O) groups is 1. The predicted molar refractivity (Wildman–Crippen MR) is 78.2 cm³/mol. The van der Waals surface area contributed by atoms with Crippen molar-refractivity contribution in [2.45, 2.75) is 57.4 Å². The first-order chi connectivity index (χ1) is 9.29. The molecule has 0 aromatic rings. The fourth-order valence-corrected chi connectivity index (χ4v) is 3.29. The first-order valence-corrected chi connectivity index (χ1v) is 7.99. The van der Waals surface area contributed by atoms with E-state index in [1.54, 1.807) is 0 Å². The molecule has 1 aliphatic carbocycles. The van der Waals surface area contributed by atoms with Crippen molar-refractivity contribution in [1.29, 1.82) is 0 Å². The molecule has 4 heteroatoms. The predicted octanol–water partition coefficient (Wildman–Crippen LogP) is 2.35. The fraction of sp³-hybridized carbons (Fsp3) is 0.933. The zero-order valence-corrected chi connectivity index (χ0v) is 12.3. The van der Waals surface area contributed by atoms with Crippen LogP contribution in [0, 0.1) is 5.92 Å². The minimum absolute atomic E-state index is 0.180. The largest absolute Gasteiger partial charge is 0.335 e. The number of urea groups is 1. The lowest BCUT2D eigenvalue weighted by atomic mass is 9.93. The number of amides is 2. The van der Waals surface area contributed by atoms with E-state index in [2.05, 4.69) is 10.6 Å². The summed E-state index contributed by atoms with van der Waals surface area (Å²) in [4.78, 5) is 14.2. The van der Waals surface area contributed by atoms with E-state index in [0.717, 1.165) is 25.6 Å². The monoisotopic (exact) mass is 267 g/mol. The zero-order valence-electron chi connectivity index (χ0n) is 12.3. The maximum absolute atomic E-state index is 12.2. The van der Waals surface area contributed by atoms with E-state index < -0.39 is 0 Å². The maximum atomic E-state index is 12.2.